The Labute approximate surface area is 179 Å². The number of halogens is 1. The van der Waals surface area contributed by atoms with E-state index in [0.717, 1.165) is 41.5 Å². The number of aryl methyl sites for hydroxylation is 2. The van der Waals surface area contributed by atoms with E-state index < -0.39 is 0 Å². The van der Waals surface area contributed by atoms with Gasteiger partial charge in [-0.1, -0.05) is 18.2 Å². The van der Waals surface area contributed by atoms with Crippen LogP contribution >= 0.6 is 0 Å². The molecule has 4 aromatic rings. The van der Waals surface area contributed by atoms with E-state index in [9.17, 15) is 4.39 Å². The number of anilines is 3. The van der Waals surface area contributed by atoms with Gasteiger partial charge in [-0.2, -0.15) is 14.7 Å². The number of rotatable bonds is 5. The molecule has 0 bridgehead atoms. The van der Waals surface area contributed by atoms with Crippen molar-refractivity contribution in [3.63, 3.8) is 0 Å². The first-order valence-corrected chi connectivity index (χ1v) is 10.3. The van der Waals surface area contributed by atoms with E-state index in [4.69, 9.17) is 14.8 Å². The number of ether oxygens (including phenoxy) is 1. The molecule has 0 spiro atoms. The second kappa shape index (κ2) is 7.99. The Morgan fingerprint density at radius 3 is 2.74 bits per heavy atom. The van der Waals surface area contributed by atoms with Crippen molar-refractivity contribution in [1.82, 2.24) is 24.4 Å². The average Bonchev–Trinajstić information content (AvgIpc) is 3.32. The second-order valence-corrected chi connectivity index (χ2v) is 7.69. The Kier molecular flexibility index (Phi) is 5.03. The number of aromatic nitrogens is 5. The fraction of sp³-hybridized carbons (Fsp3) is 0.318. The molecule has 1 aliphatic rings. The lowest BCUT2D eigenvalue weighted by molar-refractivity contribution is 0.122. The molecular formula is C22H24FN7O. The summed E-state index contributed by atoms with van der Waals surface area (Å²) in [6.45, 7) is 4.82. The van der Waals surface area contributed by atoms with E-state index in [1.54, 1.807) is 23.0 Å². The number of benzene rings is 1. The molecule has 0 unspecified atom stereocenters. The number of morpholine rings is 1. The molecule has 1 N–H and O–H groups in total. The van der Waals surface area contributed by atoms with Crippen LogP contribution in [-0.2, 0) is 18.2 Å². The fourth-order valence-corrected chi connectivity index (χ4v) is 3.91. The highest BCUT2D eigenvalue weighted by atomic mass is 19.1. The van der Waals surface area contributed by atoms with Gasteiger partial charge in [0.1, 0.15) is 17.5 Å². The van der Waals surface area contributed by atoms with Crippen LogP contribution in [0.25, 0.3) is 5.65 Å². The topological polar surface area (TPSA) is 72.5 Å². The molecule has 0 atom stereocenters. The molecule has 0 amide bonds. The van der Waals surface area contributed by atoms with Crippen LogP contribution in [0.4, 0.5) is 21.7 Å². The predicted molar refractivity (Wildman–Crippen MR) is 116 cm³/mol. The first-order chi connectivity index (χ1) is 15.1. The highest BCUT2D eigenvalue weighted by Crippen LogP contribution is 2.28. The predicted octanol–water partition coefficient (Wildman–Crippen LogP) is 3.08. The zero-order chi connectivity index (χ0) is 21.4. The van der Waals surface area contributed by atoms with Gasteiger partial charge in [-0.15, -0.1) is 0 Å². The molecule has 1 aromatic carbocycles. The van der Waals surface area contributed by atoms with Crippen molar-refractivity contribution in [3.8, 4) is 0 Å². The zero-order valence-corrected chi connectivity index (χ0v) is 17.5. The Bertz CT molecular complexity index is 1230. The van der Waals surface area contributed by atoms with Gasteiger partial charge in [0.15, 0.2) is 5.65 Å². The van der Waals surface area contributed by atoms with E-state index in [1.807, 2.05) is 36.8 Å². The first kappa shape index (κ1) is 19.5. The highest BCUT2D eigenvalue weighted by molar-refractivity contribution is 5.66. The van der Waals surface area contributed by atoms with E-state index in [1.165, 1.54) is 6.07 Å². The smallest absolute Gasteiger partial charge is 0.163 e. The molecule has 160 valence electrons. The van der Waals surface area contributed by atoms with Gasteiger partial charge in [-0.25, -0.2) is 9.37 Å². The van der Waals surface area contributed by atoms with Gasteiger partial charge in [-0.3, -0.25) is 4.68 Å². The summed E-state index contributed by atoms with van der Waals surface area (Å²) in [5.41, 5.74) is 3.94. The van der Waals surface area contributed by atoms with E-state index >= 15 is 0 Å². The van der Waals surface area contributed by atoms with Crippen molar-refractivity contribution in [2.24, 2.45) is 7.05 Å². The zero-order valence-electron chi connectivity index (χ0n) is 17.5. The van der Waals surface area contributed by atoms with Crippen LogP contribution in [0.2, 0.25) is 0 Å². The molecule has 0 saturated carbocycles. The number of nitrogens with one attached hydrogen (secondary N) is 1. The average molecular weight is 421 g/mol. The Morgan fingerprint density at radius 2 is 2.00 bits per heavy atom. The van der Waals surface area contributed by atoms with Gasteiger partial charge >= 0.3 is 0 Å². The van der Waals surface area contributed by atoms with Crippen LogP contribution in [0.3, 0.4) is 0 Å². The minimum atomic E-state index is -0.223. The molecule has 0 radical (unpaired) electrons. The first-order valence-electron chi connectivity index (χ1n) is 10.3. The van der Waals surface area contributed by atoms with Crippen molar-refractivity contribution in [2.75, 3.05) is 36.5 Å². The van der Waals surface area contributed by atoms with Crippen molar-refractivity contribution >= 4 is 23.0 Å². The molecule has 1 saturated heterocycles. The molecule has 0 aliphatic carbocycles. The molecule has 5 rings (SSSR count). The number of fused-ring (bicyclic) bond motifs is 1. The normalized spacial score (nSPS) is 14.4. The van der Waals surface area contributed by atoms with Crippen LogP contribution in [0.5, 0.6) is 0 Å². The lowest BCUT2D eigenvalue weighted by Crippen LogP contribution is -2.37. The standard InChI is InChI=1S/C22H24FN7O/c1-15-18(11-16-5-3-4-6-19(16)23)22-26-20(25-17-13-24-28(2)14-17)12-21(30(22)27-15)29-7-9-31-10-8-29/h3-6,12-14H,7-11H2,1-2H3,(H,25,26). The van der Waals surface area contributed by atoms with Crippen molar-refractivity contribution in [3.05, 3.63) is 65.4 Å². The van der Waals surface area contributed by atoms with Crippen molar-refractivity contribution < 1.29 is 9.13 Å². The van der Waals surface area contributed by atoms with E-state index in [0.29, 0.717) is 31.0 Å². The quantitative estimate of drug-likeness (QED) is 0.534. The van der Waals surface area contributed by atoms with Gasteiger partial charge in [-0.05, 0) is 18.6 Å². The maximum atomic E-state index is 14.4. The third-order valence-corrected chi connectivity index (χ3v) is 5.50. The summed E-state index contributed by atoms with van der Waals surface area (Å²) in [6.07, 6.45) is 4.07. The van der Waals surface area contributed by atoms with Gasteiger partial charge in [0.05, 0.1) is 30.8 Å². The number of hydrogen-bond acceptors (Lipinski definition) is 6. The Balaban J connectivity index is 1.62. The maximum Gasteiger partial charge on any atom is 0.163 e. The third kappa shape index (κ3) is 3.84. The minimum absolute atomic E-state index is 0.223. The summed E-state index contributed by atoms with van der Waals surface area (Å²) in [5, 5.41) is 12.3. The number of hydrogen-bond donors (Lipinski definition) is 1. The Hall–Kier alpha value is -3.46. The summed E-state index contributed by atoms with van der Waals surface area (Å²) >= 11 is 0. The molecule has 1 fully saturated rings. The fourth-order valence-electron chi connectivity index (χ4n) is 3.91. The van der Waals surface area contributed by atoms with Crippen LogP contribution in [0.15, 0.2) is 42.7 Å². The van der Waals surface area contributed by atoms with Gasteiger partial charge in [0.25, 0.3) is 0 Å². The van der Waals surface area contributed by atoms with Crippen molar-refractivity contribution in [2.45, 2.75) is 13.3 Å². The maximum absolute atomic E-state index is 14.4. The molecule has 1 aliphatic heterocycles. The monoisotopic (exact) mass is 421 g/mol. The van der Waals surface area contributed by atoms with Gasteiger partial charge < -0.3 is 15.0 Å². The van der Waals surface area contributed by atoms with Crippen LogP contribution < -0.4 is 10.2 Å². The molecular weight excluding hydrogens is 397 g/mol. The van der Waals surface area contributed by atoms with Gasteiger partial charge in [0.2, 0.25) is 0 Å². The minimum Gasteiger partial charge on any atom is -0.378 e. The van der Waals surface area contributed by atoms with E-state index in [-0.39, 0.29) is 5.82 Å². The lowest BCUT2D eigenvalue weighted by atomic mass is 10.0. The van der Waals surface area contributed by atoms with Crippen LogP contribution in [0, 0.1) is 12.7 Å². The lowest BCUT2D eigenvalue weighted by Gasteiger charge is -2.29. The summed E-state index contributed by atoms with van der Waals surface area (Å²) in [7, 11) is 1.87. The summed E-state index contributed by atoms with van der Waals surface area (Å²) in [6, 6.07) is 8.83. The van der Waals surface area contributed by atoms with Crippen molar-refractivity contribution in [1.29, 1.82) is 0 Å². The molecule has 31 heavy (non-hydrogen) atoms. The van der Waals surface area contributed by atoms with Crippen LogP contribution in [-0.4, -0.2) is 50.7 Å². The SMILES string of the molecule is Cc1nn2c(N3CCOCC3)cc(Nc3cnn(C)c3)nc2c1Cc1ccccc1F. The van der Waals surface area contributed by atoms with E-state index in [2.05, 4.69) is 15.3 Å². The highest BCUT2D eigenvalue weighted by Gasteiger charge is 2.21. The summed E-state index contributed by atoms with van der Waals surface area (Å²) < 4.78 is 23.5. The molecule has 4 heterocycles. The second-order valence-electron chi connectivity index (χ2n) is 7.69. The van der Waals surface area contributed by atoms with Crippen LogP contribution in [0.1, 0.15) is 16.8 Å². The largest absolute Gasteiger partial charge is 0.378 e. The summed E-state index contributed by atoms with van der Waals surface area (Å²) in [4.78, 5) is 7.10. The molecule has 8 nitrogen and oxygen atoms in total. The third-order valence-electron chi connectivity index (χ3n) is 5.50. The Morgan fingerprint density at radius 1 is 1.19 bits per heavy atom. The molecule has 9 heteroatoms. The number of nitrogens with zero attached hydrogens (tertiary/aromatic N) is 6. The summed E-state index contributed by atoms with van der Waals surface area (Å²) in [5.74, 6) is 1.40. The van der Waals surface area contributed by atoms with Gasteiger partial charge in [0, 0.05) is 44.4 Å². The molecule has 3 aromatic heterocycles.